The number of methoxy groups -OCH3 is 1. The van der Waals surface area contributed by atoms with Crippen LogP contribution in [0.4, 0.5) is 0 Å². The van der Waals surface area contributed by atoms with Crippen LogP contribution in [0.2, 0.25) is 0 Å². The zero-order valence-corrected chi connectivity index (χ0v) is 13.7. The van der Waals surface area contributed by atoms with E-state index >= 15 is 0 Å². The zero-order valence-electron chi connectivity index (χ0n) is 13.7. The average molecular weight is 320 g/mol. The molecule has 1 aliphatic rings. The monoisotopic (exact) mass is 320 g/mol. The minimum atomic E-state index is 0.146. The summed E-state index contributed by atoms with van der Waals surface area (Å²) >= 11 is 0. The molecule has 1 N–H and O–H groups in total. The number of rotatable bonds is 5. The molecule has 0 spiro atoms. The van der Waals surface area contributed by atoms with Crippen LogP contribution < -0.4 is 4.74 Å². The lowest BCUT2D eigenvalue weighted by Crippen LogP contribution is -2.01. The highest BCUT2D eigenvalue weighted by molar-refractivity contribution is 5.64. The quantitative estimate of drug-likeness (QED) is 0.826. The number of aliphatic hydroxyl groups is 1. The standard InChI is InChI=1S/C21H20O3/c1-15-13-14-24-20(21(15)22)12-5-16-3-6-17(7-4-16)18-8-10-19(23-2)11-9-18/h3-4,6-11,13-14,22H,1,5,12H2,2H3. The van der Waals surface area contributed by atoms with E-state index in [0.717, 1.165) is 23.3 Å². The molecule has 2 aromatic carbocycles. The van der Waals surface area contributed by atoms with Gasteiger partial charge in [-0.05, 0) is 41.3 Å². The average Bonchev–Trinajstić information content (AvgIpc) is 2.63. The van der Waals surface area contributed by atoms with E-state index in [1.165, 1.54) is 5.56 Å². The van der Waals surface area contributed by atoms with Crippen LogP contribution in [0.3, 0.4) is 0 Å². The van der Waals surface area contributed by atoms with E-state index in [0.29, 0.717) is 17.8 Å². The van der Waals surface area contributed by atoms with Crippen LogP contribution in [-0.4, -0.2) is 12.2 Å². The Balaban J connectivity index is 1.66. The number of ether oxygens (including phenoxy) is 2. The molecule has 2 aromatic rings. The van der Waals surface area contributed by atoms with Gasteiger partial charge >= 0.3 is 0 Å². The number of allylic oxidation sites excluding steroid dienone is 2. The third-order valence-corrected chi connectivity index (χ3v) is 4.07. The van der Waals surface area contributed by atoms with Gasteiger partial charge in [0.15, 0.2) is 5.76 Å². The van der Waals surface area contributed by atoms with E-state index in [4.69, 9.17) is 9.47 Å². The maximum absolute atomic E-state index is 9.94. The van der Waals surface area contributed by atoms with Crippen molar-refractivity contribution in [1.82, 2.24) is 0 Å². The molecule has 0 radical (unpaired) electrons. The van der Waals surface area contributed by atoms with Gasteiger partial charge in [-0.25, -0.2) is 0 Å². The second-order valence-electron chi connectivity index (χ2n) is 5.64. The molecule has 0 amide bonds. The second kappa shape index (κ2) is 7.09. The van der Waals surface area contributed by atoms with E-state index in [1.807, 2.05) is 24.3 Å². The maximum Gasteiger partial charge on any atom is 0.160 e. The molecule has 0 aliphatic carbocycles. The summed E-state index contributed by atoms with van der Waals surface area (Å²) in [4.78, 5) is 0. The summed E-state index contributed by atoms with van der Waals surface area (Å²) in [6, 6.07) is 16.4. The summed E-state index contributed by atoms with van der Waals surface area (Å²) < 4.78 is 10.6. The number of hydrogen-bond acceptors (Lipinski definition) is 3. The lowest BCUT2D eigenvalue weighted by molar-refractivity contribution is 0.279. The molecule has 0 saturated carbocycles. The molecule has 0 fully saturated rings. The number of benzene rings is 2. The SMILES string of the molecule is C=C1C=COC(CCc2ccc(-c3ccc(OC)cc3)cc2)=C1O. The fraction of sp³-hybridized carbons (Fsp3) is 0.143. The largest absolute Gasteiger partial charge is 0.504 e. The molecule has 3 rings (SSSR count). The van der Waals surface area contributed by atoms with Gasteiger partial charge in [-0.3, -0.25) is 0 Å². The lowest BCUT2D eigenvalue weighted by atomic mass is 10.0. The van der Waals surface area contributed by atoms with Gasteiger partial charge in [0, 0.05) is 12.0 Å². The molecule has 0 bridgehead atoms. The number of hydrogen-bond donors (Lipinski definition) is 1. The summed E-state index contributed by atoms with van der Waals surface area (Å²) in [5.74, 6) is 1.57. The zero-order chi connectivity index (χ0) is 16.9. The Hall–Kier alpha value is -2.94. The van der Waals surface area contributed by atoms with Gasteiger partial charge in [-0.1, -0.05) is 43.0 Å². The summed E-state index contributed by atoms with van der Waals surface area (Å²) in [6.07, 6.45) is 4.65. The summed E-state index contributed by atoms with van der Waals surface area (Å²) in [6.45, 7) is 3.77. The van der Waals surface area contributed by atoms with Crippen LogP contribution in [0.1, 0.15) is 12.0 Å². The number of aryl methyl sites for hydroxylation is 1. The minimum absolute atomic E-state index is 0.146. The van der Waals surface area contributed by atoms with Crippen molar-refractivity contribution in [2.75, 3.05) is 7.11 Å². The summed E-state index contributed by atoms with van der Waals surface area (Å²) in [5.41, 5.74) is 4.09. The highest BCUT2D eigenvalue weighted by Crippen LogP contribution is 2.25. The Morgan fingerprint density at radius 1 is 0.958 bits per heavy atom. The normalized spacial score (nSPS) is 13.8. The van der Waals surface area contributed by atoms with E-state index in [-0.39, 0.29) is 5.76 Å². The summed E-state index contributed by atoms with van der Waals surface area (Å²) in [7, 11) is 1.66. The fourth-order valence-electron chi connectivity index (χ4n) is 2.59. The van der Waals surface area contributed by atoms with Crippen molar-refractivity contribution in [3.05, 3.63) is 90.1 Å². The third-order valence-electron chi connectivity index (χ3n) is 4.07. The maximum atomic E-state index is 9.94. The molecule has 1 aliphatic heterocycles. The first-order chi connectivity index (χ1) is 11.7. The molecule has 3 nitrogen and oxygen atoms in total. The van der Waals surface area contributed by atoms with Crippen LogP contribution in [0.15, 0.2) is 84.5 Å². The van der Waals surface area contributed by atoms with Crippen molar-refractivity contribution in [2.45, 2.75) is 12.8 Å². The molecule has 0 saturated heterocycles. The van der Waals surface area contributed by atoms with Gasteiger partial charge in [0.1, 0.15) is 11.5 Å². The Morgan fingerprint density at radius 2 is 1.58 bits per heavy atom. The van der Waals surface area contributed by atoms with Crippen molar-refractivity contribution in [2.24, 2.45) is 0 Å². The van der Waals surface area contributed by atoms with Gasteiger partial charge in [-0.15, -0.1) is 0 Å². The van der Waals surface area contributed by atoms with Crippen molar-refractivity contribution in [3.8, 4) is 16.9 Å². The van der Waals surface area contributed by atoms with Crippen LogP contribution in [0.5, 0.6) is 5.75 Å². The molecule has 0 aromatic heterocycles. The molecule has 122 valence electrons. The first kappa shape index (κ1) is 15.9. The molecule has 3 heteroatoms. The Labute approximate surface area is 142 Å². The van der Waals surface area contributed by atoms with Crippen LogP contribution in [0.25, 0.3) is 11.1 Å². The molecule has 24 heavy (non-hydrogen) atoms. The van der Waals surface area contributed by atoms with Crippen molar-refractivity contribution in [3.63, 3.8) is 0 Å². The lowest BCUT2D eigenvalue weighted by Gasteiger charge is -2.14. The van der Waals surface area contributed by atoms with Gasteiger partial charge in [0.05, 0.1) is 13.4 Å². The van der Waals surface area contributed by atoms with E-state index < -0.39 is 0 Å². The van der Waals surface area contributed by atoms with Gasteiger partial charge in [-0.2, -0.15) is 0 Å². The predicted octanol–water partition coefficient (Wildman–Crippen LogP) is 5.16. The first-order valence-corrected chi connectivity index (χ1v) is 7.85. The predicted molar refractivity (Wildman–Crippen MR) is 95.8 cm³/mol. The highest BCUT2D eigenvalue weighted by atomic mass is 16.5. The van der Waals surface area contributed by atoms with Gasteiger partial charge in [0.2, 0.25) is 0 Å². The fourth-order valence-corrected chi connectivity index (χ4v) is 2.59. The van der Waals surface area contributed by atoms with Crippen molar-refractivity contribution < 1.29 is 14.6 Å². The van der Waals surface area contributed by atoms with E-state index in [2.05, 4.69) is 30.8 Å². The van der Waals surface area contributed by atoms with Crippen LogP contribution in [0, 0.1) is 0 Å². The van der Waals surface area contributed by atoms with Crippen LogP contribution >= 0.6 is 0 Å². The Bertz CT molecular complexity index is 781. The second-order valence-corrected chi connectivity index (χ2v) is 5.64. The molecule has 0 atom stereocenters. The number of aliphatic hydroxyl groups excluding tert-OH is 1. The molecular weight excluding hydrogens is 300 g/mol. The van der Waals surface area contributed by atoms with Crippen molar-refractivity contribution in [1.29, 1.82) is 0 Å². The summed E-state index contributed by atoms with van der Waals surface area (Å²) in [5, 5.41) is 9.94. The Morgan fingerprint density at radius 3 is 2.21 bits per heavy atom. The first-order valence-electron chi connectivity index (χ1n) is 7.85. The smallest absolute Gasteiger partial charge is 0.160 e. The van der Waals surface area contributed by atoms with Crippen LogP contribution in [-0.2, 0) is 11.2 Å². The molecule has 1 heterocycles. The minimum Gasteiger partial charge on any atom is -0.504 e. The van der Waals surface area contributed by atoms with Crippen molar-refractivity contribution >= 4 is 0 Å². The van der Waals surface area contributed by atoms with Gasteiger partial charge in [0.25, 0.3) is 0 Å². The Kier molecular flexibility index (Phi) is 4.71. The van der Waals surface area contributed by atoms with Gasteiger partial charge < -0.3 is 14.6 Å². The van der Waals surface area contributed by atoms with E-state index in [1.54, 1.807) is 19.4 Å². The topological polar surface area (TPSA) is 38.7 Å². The molecule has 0 unspecified atom stereocenters. The van der Waals surface area contributed by atoms with E-state index in [9.17, 15) is 5.11 Å². The highest BCUT2D eigenvalue weighted by Gasteiger charge is 2.12. The third kappa shape index (κ3) is 3.51. The molecular formula is C21H20O3.